The standard InChI is InChI=1S/C17H28N4O.HI/c1-17(2)14(13-7-6-12-22-15(13)17)20-16(18-3)19-8-11-21-9-4-5-10-21;/h4-5,9-10,13-15H,6-8,11-12H2,1-3H3,(H2,18,19,20);1H. The molecule has 1 aliphatic carbocycles. The number of aliphatic imine (C=N–C) groups is 1. The second-order valence-corrected chi connectivity index (χ2v) is 6.96. The van der Waals surface area contributed by atoms with Crippen LogP contribution in [0.1, 0.15) is 26.7 Å². The lowest BCUT2D eigenvalue weighted by Crippen LogP contribution is -2.71. The van der Waals surface area contributed by atoms with E-state index in [2.05, 4.69) is 46.4 Å². The number of rotatable bonds is 4. The summed E-state index contributed by atoms with van der Waals surface area (Å²) in [6, 6.07) is 4.54. The zero-order chi connectivity index (χ0) is 15.6. The lowest BCUT2D eigenvalue weighted by Gasteiger charge is -2.60. The lowest BCUT2D eigenvalue weighted by molar-refractivity contribution is -0.188. The van der Waals surface area contributed by atoms with Gasteiger partial charge in [0.25, 0.3) is 0 Å². The van der Waals surface area contributed by atoms with E-state index >= 15 is 0 Å². The van der Waals surface area contributed by atoms with E-state index in [1.807, 2.05) is 19.2 Å². The number of nitrogens with one attached hydrogen (secondary N) is 2. The van der Waals surface area contributed by atoms with Gasteiger partial charge in [-0.25, -0.2) is 0 Å². The minimum atomic E-state index is 0. The molecule has 1 aromatic rings. The third-order valence-electron chi connectivity index (χ3n) is 5.18. The van der Waals surface area contributed by atoms with E-state index in [0.29, 0.717) is 18.1 Å². The van der Waals surface area contributed by atoms with Crippen LogP contribution in [0.3, 0.4) is 0 Å². The van der Waals surface area contributed by atoms with E-state index in [-0.39, 0.29) is 29.4 Å². The van der Waals surface area contributed by atoms with E-state index in [4.69, 9.17) is 4.74 Å². The number of nitrogens with zero attached hydrogens (tertiary/aromatic N) is 2. The third-order valence-corrected chi connectivity index (χ3v) is 5.18. The van der Waals surface area contributed by atoms with Gasteiger partial charge in [-0.3, -0.25) is 4.99 Å². The molecule has 2 N–H and O–H groups in total. The first-order valence-corrected chi connectivity index (χ1v) is 8.32. The highest BCUT2D eigenvalue weighted by atomic mass is 127. The third kappa shape index (κ3) is 3.84. The Kier molecular flexibility index (Phi) is 6.36. The van der Waals surface area contributed by atoms with Crippen LogP contribution in [0.4, 0.5) is 0 Å². The first-order valence-electron chi connectivity index (χ1n) is 8.32. The topological polar surface area (TPSA) is 50.6 Å². The molecule has 1 saturated heterocycles. The van der Waals surface area contributed by atoms with Crippen LogP contribution in [0.25, 0.3) is 0 Å². The Labute approximate surface area is 156 Å². The van der Waals surface area contributed by atoms with Gasteiger partial charge in [0.15, 0.2) is 5.96 Å². The molecule has 0 radical (unpaired) electrons. The van der Waals surface area contributed by atoms with Crippen LogP contribution in [-0.2, 0) is 11.3 Å². The van der Waals surface area contributed by atoms with Crippen molar-refractivity contribution in [3.05, 3.63) is 24.5 Å². The molecular formula is C17H29IN4O. The molecule has 3 atom stereocenters. The Balaban J connectivity index is 0.00000192. The number of fused-ring (bicyclic) bond motifs is 1. The van der Waals surface area contributed by atoms with Gasteiger partial charge in [0, 0.05) is 56.5 Å². The van der Waals surface area contributed by atoms with Crippen molar-refractivity contribution in [2.24, 2.45) is 16.3 Å². The molecule has 1 aliphatic heterocycles. The average Bonchev–Trinajstić information content (AvgIpc) is 3.04. The Hall–Kier alpha value is -0.760. The van der Waals surface area contributed by atoms with E-state index in [0.717, 1.165) is 25.7 Å². The number of hydrogen-bond donors (Lipinski definition) is 2. The summed E-state index contributed by atoms with van der Waals surface area (Å²) in [4.78, 5) is 4.38. The van der Waals surface area contributed by atoms with Gasteiger partial charge in [-0.2, -0.15) is 0 Å². The van der Waals surface area contributed by atoms with Crippen molar-refractivity contribution in [1.29, 1.82) is 0 Å². The molecule has 23 heavy (non-hydrogen) atoms. The smallest absolute Gasteiger partial charge is 0.191 e. The quantitative estimate of drug-likeness (QED) is 0.437. The van der Waals surface area contributed by atoms with Crippen molar-refractivity contribution in [2.45, 2.75) is 45.4 Å². The predicted molar refractivity (Wildman–Crippen MR) is 104 cm³/mol. The van der Waals surface area contributed by atoms with Gasteiger partial charge in [-0.1, -0.05) is 13.8 Å². The van der Waals surface area contributed by atoms with Crippen molar-refractivity contribution >= 4 is 29.9 Å². The van der Waals surface area contributed by atoms with Crippen LogP contribution >= 0.6 is 24.0 Å². The molecule has 130 valence electrons. The molecule has 0 aromatic carbocycles. The van der Waals surface area contributed by atoms with Crippen molar-refractivity contribution in [2.75, 3.05) is 20.2 Å². The molecule has 2 aliphatic rings. The van der Waals surface area contributed by atoms with Crippen molar-refractivity contribution in [1.82, 2.24) is 15.2 Å². The normalized spacial score (nSPS) is 29.0. The van der Waals surface area contributed by atoms with Crippen molar-refractivity contribution < 1.29 is 4.74 Å². The molecule has 2 fully saturated rings. The van der Waals surface area contributed by atoms with E-state index in [9.17, 15) is 0 Å². The summed E-state index contributed by atoms with van der Waals surface area (Å²) in [6.45, 7) is 7.32. The fourth-order valence-electron chi connectivity index (χ4n) is 3.98. The second-order valence-electron chi connectivity index (χ2n) is 6.96. The maximum Gasteiger partial charge on any atom is 0.191 e. The summed E-state index contributed by atoms with van der Waals surface area (Å²) in [7, 11) is 1.84. The van der Waals surface area contributed by atoms with Gasteiger partial charge in [-0.05, 0) is 25.0 Å². The minimum Gasteiger partial charge on any atom is -0.377 e. The molecular weight excluding hydrogens is 403 g/mol. The molecule has 0 amide bonds. The summed E-state index contributed by atoms with van der Waals surface area (Å²) in [5.74, 6) is 1.51. The Bertz CT molecular complexity index is 515. The number of halogens is 1. The summed E-state index contributed by atoms with van der Waals surface area (Å²) < 4.78 is 8.13. The molecule has 0 spiro atoms. The molecule has 1 saturated carbocycles. The van der Waals surface area contributed by atoms with Crippen LogP contribution in [0.15, 0.2) is 29.5 Å². The van der Waals surface area contributed by atoms with Crippen LogP contribution in [0.2, 0.25) is 0 Å². The summed E-state index contributed by atoms with van der Waals surface area (Å²) in [5, 5.41) is 7.04. The van der Waals surface area contributed by atoms with Gasteiger partial charge < -0.3 is 19.9 Å². The van der Waals surface area contributed by atoms with E-state index in [1.165, 1.54) is 12.8 Å². The average molecular weight is 432 g/mol. The zero-order valence-electron chi connectivity index (χ0n) is 14.3. The SMILES string of the molecule is CN=C(NCCn1cccc1)NC1C2CCCOC2C1(C)C.I. The van der Waals surface area contributed by atoms with Crippen LogP contribution in [0.5, 0.6) is 0 Å². The molecule has 1 aromatic heterocycles. The summed E-state index contributed by atoms with van der Waals surface area (Å²) in [6.07, 6.45) is 6.99. The highest BCUT2D eigenvalue weighted by Gasteiger charge is 2.58. The maximum absolute atomic E-state index is 5.96. The first kappa shape index (κ1) is 18.6. The monoisotopic (exact) mass is 432 g/mol. The van der Waals surface area contributed by atoms with Gasteiger partial charge in [0.2, 0.25) is 0 Å². The molecule has 0 bridgehead atoms. The molecule has 6 heteroatoms. The fraction of sp³-hybridized carbons (Fsp3) is 0.706. The Morgan fingerprint density at radius 1 is 1.35 bits per heavy atom. The number of ether oxygens (including phenoxy) is 1. The summed E-state index contributed by atoms with van der Waals surface area (Å²) in [5.41, 5.74) is 0.170. The number of hydrogen-bond acceptors (Lipinski definition) is 2. The zero-order valence-corrected chi connectivity index (χ0v) is 16.6. The maximum atomic E-state index is 5.96. The number of guanidine groups is 1. The van der Waals surface area contributed by atoms with Gasteiger partial charge in [0.05, 0.1) is 6.10 Å². The first-order chi connectivity index (χ1) is 10.6. The van der Waals surface area contributed by atoms with Gasteiger partial charge in [0.1, 0.15) is 0 Å². The molecule has 2 heterocycles. The van der Waals surface area contributed by atoms with Crippen LogP contribution in [0, 0.1) is 11.3 Å². The Morgan fingerprint density at radius 3 is 2.78 bits per heavy atom. The minimum absolute atomic E-state index is 0. The molecule has 3 unspecified atom stereocenters. The van der Waals surface area contributed by atoms with Gasteiger partial charge >= 0.3 is 0 Å². The van der Waals surface area contributed by atoms with Gasteiger partial charge in [-0.15, -0.1) is 24.0 Å². The van der Waals surface area contributed by atoms with E-state index < -0.39 is 0 Å². The van der Waals surface area contributed by atoms with Crippen molar-refractivity contribution in [3.63, 3.8) is 0 Å². The largest absolute Gasteiger partial charge is 0.377 e. The van der Waals surface area contributed by atoms with Crippen molar-refractivity contribution in [3.8, 4) is 0 Å². The number of aromatic nitrogens is 1. The second kappa shape index (κ2) is 7.88. The predicted octanol–water partition coefficient (Wildman–Crippen LogP) is 2.47. The Morgan fingerprint density at radius 2 is 2.09 bits per heavy atom. The summed E-state index contributed by atoms with van der Waals surface area (Å²) >= 11 is 0. The van der Waals surface area contributed by atoms with Crippen LogP contribution in [-0.4, -0.2) is 42.9 Å². The van der Waals surface area contributed by atoms with E-state index in [1.54, 1.807) is 0 Å². The van der Waals surface area contributed by atoms with Crippen LogP contribution < -0.4 is 10.6 Å². The molecule has 3 rings (SSSR count). The highest BCUT2D eigenvalue weighted by Crippen LogP contribution is 2.51. The fourth-order valence-corrected chi connectivity index (χ4v) is 3.98. The highest BCUT2D eigenvalue weighted by molar-refractivity contribution is 14.0. The molecule has 5 nitrogen and oxygen atoms in total. The lowest BCUT2D eigenvalue weighted by atomic mass is 9.55.